The fourth-order valence-electron chi connectivity index (χ4n) is 2.90. The maximum absolute atomic E-state index is 6.02. The molecule has 2 nitrogen and oxygen atoms in total. The number of fused-ring (bicyclic) bond motifs is 1. The largest absolute Gasteiger partial charge is 0.496 e. The second kappa shape index (κ2) is 6.27. The highest BCUT2D eigenvalue weighted by Crippen LogP contribution is 2.39. The number of hydrogen-bond acceptors (Lipinski definition) is 2. The van der Waals surface area contributed by atoms with E-state index < -0.39 is 0 Å². The van der Waals surface area contributed by atoms with E-state index in [0.717, 1.165) is 36.3 Å². The predicted octanol–water partition coefficient (Wildman–Crippen LogP) is 4.36. The van der Waals surface area contributed by atoms with Gasteiger partial charge in [-0.25, -0.2) is 0 Å². The summed E-state index contributed by atoms with van der Waals surface area (Å²) in [5.74, 6) is 1.89. The lowest BCUT2D eigenvalue weighted by Gasteiger charge is -2.10. The summed E-state index contributed by atoms with van der Waals surface area (Å²) in [6, 6.07) is 14.8. The summed E-state index contributed by atoms with van der Waals surface area (Å²) in [6.45, 7) is 6.02. The summed E-state index contributed by atoms with van der Waals surface area (Å²) in [5.41, 5.74) is 4.83. The third-order valence-corrected chi connectivity index (χ3v) is 4.20. The molecule has 0 saturated heterocycles. The standard InChI is InChI=1S/C20H22O2/c1-14(2)18-13-17-19(21-3)11-16(12-20(17)22-18)10-9-15-7-5-4-6-8-15/h4-8,11-12,18H,1,9-10,13H2,2-3H3. The second-order valence-electron chi connectivity index (χ2n) is 5.92. The summed E-state index contributed by atoms with van der Waals surface area (Å²) in [7, 11) is 1.73. The van der Waals surface area contributed by atoms with Crippen LogP contribution in [0.2, 0.25) is 0 Å². The van der Waals surface area contributed by atoms with Crippen LogP contribution in [0.5, 0.6) is 11.5 Å². The van der Waals surface area contributed by atoms with Gasteiger partial charge in [-0.15, -0.1) is 0 Å². The highest BCUT2D eigenvalue weighted by atomic mass is 16.5. The number of methoxy groups -OCH3 is 1. The molecule has 2 aromatic rings. The van der Waals surface area contributed by atoms with E-state index in [0.29, 0.717) is 0 Å². The van der Waals surface area contributed by atoms with Crippen LogP contribution < -0.4 is 9.47 Å². The summed E-state index contributed by atoms with van der Waals surface area (Å²) < 4.78 is 11.6. The van der Waals surface area contributed by atoms with Gasteiger partial charge in [-0.05, 0) is 48.6 Å². The number of benzene rings is 2. The molecule has 1 aliphatic rings. The molecular formula is C20H22O2. The van der Waals surface area contributed by atoms with Crippen molar-refractivity contribution < 1.29 is 9.47 Å². The van der Waals surface area contributed by atoms with E-state index in [2.05, 4.69) is 43.0 Å². The van der Waals surface area contributed by atoms with E-state index in [-0.39, 0.29) is 6.10 Å². The van der Waals surface area contributed by atoms with Gasteiger partial charge in [0.05, 0.1) is 7.11 Å². The molecule has 0 aromatic heterocycles. The Labute approximate surface area is 132 Å². The topological polar surface area (TPSA) is 18.5 Å². The third kappa shape index (κ3) is 3.01. The lowest BCUT2D eigenvalue weighted by molar-refractivity contribution is 0.271. The van der Waals surface area contributed by atoms with Crippen LogP contribution in [0.3, 0.4) is 0 Å². The summed E-state index contributed by atoms with van der Waals surface area (Å²) in [5, 5.41) is 0. The molecular weight excluding hydrogens is 272 g/mol. The van der Waals surface area contributed by atoms with E-state index in [1.807, 2.05) is 13.0 Å². The molecule has 2 heteroatoms. The number of ether oxygens (including phenoxy) is 2. The van der Waals surface area contributed by atoms with Gasteiger partial charge in [-0.1, -0.05) is 36.9 Å². The van der Waals surface area contributed by atoms with Crippen molar-refractivity contribution in [2.45, 2.75) is 32.3 Å². The van der Waals surface area contributed by atoms with E-state index in [4.69, 9.17) is 9.47 Å². The van der Waals surface area contributed by atoms with Gasteiger partial charge in [0.15, 0.2) is 0 Å². The first-order valence-electron chi connectivity index (χ1n) is 7.73. The first-order chi connectivity index (χ1) is 10.7. The van der Waals surface area contributed by atoms with Crippen LogP contribution in [-0.2, 0) is 19.3 Å². The molecule has 1 unspecified atom stereocenters. The van der Waals surface area contributed by atoms with E-state index in [9.17, 15) is 0 Å². The minimum absolute atomic E-state index is 0.0771. The van der Waals surface area contributed by atoms with Gasteiger partial charge in [0.2, 0.25) is 0 Å². The van der Waals surface area contributed by atoms with Crippen molar-refractivity contribution in [1.82, 2.24) is 0 Å². The molecule has 0 saturated carbocycles. The summed E-state index contributed by atoms with van der Waals surface area (Å²) in [4.78, 5) is 0. The molecule has 0 radical (unpaired) electrons. The predicted molar refractivity (Wildman–Crippen MR) is 89.8 cm³/mol. The SMILES string of the molecule is C=C(C)C1Cc2c(OC)cc(CCc3ccccc3)cc2O1. The van der Waals surface area contributed by atoms with Crippen molar-refractivity contribution >= 4 is 0 Å². The Bertz CT molecular complexity index is 674. The Morgan fingerprint density at radius 3 is 2.59 bits per heavy atom. The van der Waals surface area contributed by atoms with Gasteiger partial charge in [0.25, 0.3) is 0 Å². The van der Waals surface area contributed by atoms with Gasteiger partial charge >= 0.3 is 0 Å². The Balaban J connectivity index is 1.80. The normalized spacial score (nSPS) is 16.0. The fourth-order valence-corrected chi connectivity index (χ4v) is 2.90. The van der Waals surface area contributed by atoms with Crippen LogP contribution in [0.25, 0.3) is 0 Å². The van der Waals surface area contributed by atoms with E-state index in [1.165, 1.54) is 16.7 Å². The van der Waals surface area contributed by atoms with Crippen LogP contribution in [0.15, 0.2) is 54.6 Å². The molecule has 0 spiro atoms. The quantitative estimate of drug-likeness (QED) is 0.763. The molecule has 3 rings (SSSR count). The van der Waals surface area contributed by atoms with Crippen molar-refractivity contribution in [3.63, 3.8) is 0 Å². The third-order valence-electron chi connectivity index (χ3n) is 4.20. The van der Waals surface area contributed by atoms with Gasteiger partial charge in [-0.2, -0.15) is 0 Å². The first kappa shape index (κ1) is 14.7. The molecule has 0 amide bonds. The van der Waals surface area contributed by atoms with Crippen molar-refractivity contribution in [2.24, 2.45) is 0 Å². The number of hydrogen-bond donors (Lipinski definition) is 0. The minimum Gasteiger partial charge on any atom is -0.496 e. The number of rotatable bonds is 5. The molecule has 0 fully saturated rings. The van der Waals surface area contributed by atoms with Gasteiger partial charge < -0.3 is 9.47 Å². The maximum Gasteiger partial charge on any atom is 0.127 e. The second-order valence-corrected chi connectivity index (χ2v) is 5.92. The molecule has 0 N–H and O–H groups in total. The van der Waals surface area contributed by atoms with Crippen LogP contribution in [0, 0.1) is 0 Å². The lowest BCUT2D eigenvalue weighted by atomic mass is 10.00. The average molecular weight is 294 g/mol. The van der Waals surface area contributed by atoms with Crippen LogP contribution in [0.1, 0.15) is 23.6 Å². The Kier molecular flexibility index (Phi) is 4.19. The minimum atomic E-state index is 0.0771. The smallest absolute Gasteiger partial charge is 0.127 e. The highest BCUT2D eigenvalue weighted by molar-refractivity contribution is 5.51. The molecule has 1 aliphatic heterocycles. The zero-order valence-electron chi connectivity index (χ0n) is 13.3. The molecule has 114 valence electrons. The van der Waals surface area contributed by atoms with E-state index in [1.54, 1.807) is 7.11 Å². The van der Waals surface area contributed by atoms with Crippen LogP contribution in [-0.4, -0.2) is 13.2 Å². The van der Waals surface area contributed by atoms with Crippen molar-refractivity contribution in [1.29, 1.82) is 0 Å². The highest BCUT2D eigenvalue weighted by Gasteiger charge is 2.27. The lowest BCUT2D eigenvalue weighted by Crippen LogP contribution is -2.13. The van der Waals surface area contributed by atoms with Gasteiger partial charge in [0, 0.05) is 12.0 Å². The van der Waals surface area contributed by atoms with Gasteiger partial charge in [0.1, 0.15) is 17.6 Å². The molecule has 1 atom stereocenters. The summed E-state index contributed by atoms with van der Waals surface area (Å²) >= 11 is 0. The Morgan fingerprint density at radius 2 is 1.91 bits per heavy atom. The molecule has 1 heterocycles. The van der Waals surface area contributed by atoms with Crippen LogP contribution >= 0.6 is 0 Å². The fraction of sp³-hybridized carbons (Fsp3) is 0.300. The Morgan fingerprint density at radius 1 is 1.18 bits per heavy atom. The molecule has 22 heavy (non-hydrogen) atoms. The monoisotopic (exact) mass is 294 g/mol. The Hall–Kier alpha value is -2.22. The average Bonchev–Trinajstić information content (AvgIpc) is 2.97. The molecule has 0 bridgehead atoms. The molecule has 0 aliphatic carbocycles. The van der Waals surface area contributed by atoms with Crippen molar-refractivity contribution in [3.05, 3.63) is 71.3 Å². The molecule has 2 aromatic carbocycles. The zero-order valence-corrected chi connectivity index (χ0v) is 13.3. The first-order valence-corrected chi connectivity index (χ1v) is 7.73. The number of aryl methyl sites for hydroxylation is 2. The van der Waals surface area contributed by atoms with Gasteiger partial charge in [-0.3, -0.25) is 0 Å². The summed E-state index contributed by atoms with van der Waals surface area (Å²) in [6.07, 6.45) is 2.93. The van der Waals surface area contributed by atoms with Crippen molar-refractivity contribution in [2.75, 3.05) is 7.11 Å². The van der Waals surface area contributed by atoms with E-state index >= 15 is 0 Å². The zero-order chi connectivity index (χ0) is 15.5. The van der Waals surface area contributed by atoms with Crippen LogP contribution in [0.4, 0.5) is 0 Å². The maximum atomic E-state index is 6.02. The van der Waals surface area contributed by atoms with Crippen molar-refractivity contribution in [3.8, 4) is 11.5 Å².